The van der Waals surface area contributed by atoms with Gasteiger partial charge < -0.3 is 0 Å². The van der Waals surface area contributed by atoms with Crippen LogP contribution in [0.4, 0.5) is 5.69 Å². The topological polar surface area (TPSA) is 60.2 Å². The highest BCUT2D eigenvalue weighted by Crippen LogP contribution is 2.40. The molecule has 0 saturated heterocycles. The van der Waals surface area contributed by atoms with E-state index < -0.39 is 0 Å². The van der Waals surface area contributed by atoms with E-state index in [1.165, 1.54) is 0 Å². The molecule has 84 valence electrons. The molecule has 0 radical (unpaired) electrons. The first-order valence-corrected chi connectivity index (χ1v) is 5.28. The van der Waals surface area contributed by atoms with Gasteiger partial charge in [0.2, 0.25) is 0 Å². The van der Waals surface area contributed by atoms with Gasteiger partial charge in [0.05, 0.1) is 4.92 Å². The van der Waals surface area contributed by atoms with Gasteiger partial charge in [-0.2, -0.15) is 0 Å². The highest BCUT2D eigenvalue weighted by atomic mass is 16.6. The average Bonchev–Trinajstić information content (AvgIpc) is 2.26. The maximum Gasteiger partial charge on any atom is 0.272 e. The van der Waals surface area contributed by atoms with Gasteiger partial charge in [-0.05, 0) is 12.5 Å². The maximum absolute atomic E-state index is 11.2. The summed E-state index contributed by atoms with van der Waals surface area (Å²) >= 11 is 0. The van der Waals surface area contributed by atoms with E-state index in [2.05, 4.69) is 0 Å². The fourth-order valence-electron chi connectivity index (χ4n) is 2.10. The molecule has 16 heavy (non-hydrogen) atoms. The first kappa shape index (κ1) is 10.8. The van der Waals surface area contributed by atoms with Crippen LogP contribution in [0.2, 0.25) is 0 Å². The number of Topliss-reactive ketones (excluding diaryl/α,β-unsaturated/α-hetero) is 1. The zero-order chi connectivity index (χ0) is 11.9. The van der Waals surface area contributed by atoms with Gasteiger partial charge in [0.15, 0.2) is 0 Å². The summed E-state index contributed by atoms with van der Waals surface area (Å²) in [7, 11) is 0. The van der Waals surface area contributed by atoms with Crippen LogP contribution in [-0.4, -0.2) is 10.7 Å². The van der Waals surface area contributed by atoms with Crippen molar-refractivity contribution in [2.24, 2.45) is 5.92 Å². The zero-order valence-electron chi connectivity index (χ0n) is 9.27. The number of nitrogens with zero attached hydrogens (tertiary/aromatic N) is 1. The largest absolute Gasteiger partial charge is 0.299 e. The third-order valence-corrected chi connectivity index (χ3v) is 3.39. The third-order valence-electron chi connectivity index (χ3n) is 3.39. The molecule has 2 atom stereocenters. The molecule has 0 heterocycles. The lowest BCUT2D eigenvalue weighted by molar-refractivity contribution is -0.385. The number of nitro benzene ring substituents is 1. The summed E-state index contributed by atoms with van der Waals surface area (Å²) in [5.74, 6) is 0.405. The molecule has 0 amide bonds. The fourth-order valence-corrected chi connectivity index (χ4v) is 2.10. The average molecular weight is 219 g/mol. The SMILES string of the molecule is Cc1ccc(C2CC(=O)C2C)cc1[N+](=O)[O-]. The van der Waals surface area contributed by atoms with Crippen LogP contribution in [0.5, 0.6) is 0 Å². The molecule has 2 rings (SSSR count). The van der Waals surface area contributed by atoms with E-state index in [9.17, 15) is 14.9 Å². The standard InChI is InChI=1S/C12H13NO3/c1-7-3-4-9(5-11(7)13(15)16)10-6-12(14)8(10)2/h3-5,8,10H,6H2,1-2H3. The number of carbonyl (C=O) groups excluding carboxylic acids is 1. The van der Waals surface area contributed by atoms with Crippen LogP contribution in [-0.2, 0) is 4.79 Å². The second-order valence-electron chi connectivity index (χ2n) is 4.37. The van der Waals surface area contributed by atoms with Crippen LogP contribution in [0.15, 0.2) is 18.2 Å². The highest BCUT2D eigenvalue weighted by molar-refractivity contribution is 5.89. The summed E-state index contributed by atoms with van der Waals surface area (Å²) in [5.41, 5.74) is 1.71. The lowest BCUT2D eigenvalue weighted by Crippen LogP contribution is -2.32. The fraction of sp³-hybridized carbons (Fsp3) is 0.417. The normalized spacial score (nSPS) is 24.0. The molecule has 1 aliphatic rings. The minimum absolute atomic E-state index is 0.00214. The van der Waals surface area contributed by atoms with Gasteiger partial charge in [0, 0.05) is 29.9 Å². The van der Waals surface area contributed by atoms with Crippen LogP contribution in [0.1, 0.15) is 30.4 Å². The summed E-state index contributed by atoms with van der Waals surface area (Å²) < 4.78 is 0. The van der Waals surface area contributed by atoms with E-state index in [0.717, 1.165) is 5.56 Å². The molecule has 0 aromatic heterocycles. The Labute approximate surface area is 93.4 Å². The Bertz CT molecular complexity index is 467. The van der Waals surface area contributed by atoms with Crippen molar-refractivity contribution in [3.05, 3.63) is 39.4 Å². The molecule has 4 nitrogen and oxygen atoms in total. The van der Waals surface area contributed by atoms with Crippen LogP contribution < -0.4 is 0 Å². The predicted molar refractivity (Wildman–Crippen MR) is 59.4 cm³/mol. The number of hydrogen-bond donors (Lipinski definition) is 0. The van der Waals surface area contributed by atoms with E-state index in [4.69, 9.17) is 0 Å². The van der Waals surface area contributed by atoms with Crippen molar-refractivity contribution in [2.45, 2.75) is 26.2 Å². The number of rotatable bonds is 2. The molecule has 4 heteroatoms. The Morgan fingerprint density at radius 1 is 1.44 bits per heavy atom. The summed E-state index contributed by atoms with van der Waals surface area (Å²) in [6, 6.07) is 5.24. The first-order valence-electron chi connectivity index (χ1n) is 5.28. The quantitative estimate of drug-likeness (QED) is 0.567. The second-order valence-corrected chi connectivity index (χ2v) is 4.37. The van der Waals surface area contributed by atoms with Crippen molar-refractivity contribution in [1.82, 2.24) is 0 Å². The van der Waals surface area contributed by atoms with Crippen molar-refractivity contribution in [1.29, 1.82) is 0 Å². The molecule has 1 saturated carbocycles. The van der Waals surface area contributed by atoms with Gasteiger partial charge in [-0.1, -0.05) is 19.1 Å². The molecule has 1 fully saturated rings. The molecule has 1 aliphatic carbocycles. The van der Waals surface area contributed by atoms with Gasteiger partial charge in [-0.15, -0.1) is 0 Å². The van der Waals surface area contributed by atoms with Gasteiger partial charge in [0.1, 0.15) is 5.78 Å². The first-order chi connectivity index (χ1) is 7.50. The minimum Gasteiger partial charge on any atom is -0.299 e. The molecule has 2 unspecified atom stereocenters. The van der Waals surface area contributed by atoms with E-state index in [1.54, 1.807) is 19.1 Å². The molecule has 0 spiro atoms. The van der Waals surface area contributed by atoms with E-state index >= 15 is 0 Å². The lowest BCUT2D eigenvalue weighted by atomic mass is 9.70. The van der Waals surface area contributed by atoms with Gasteiger partial charge in [-0.25, -0.2) is 0 Å². The van der Waals surface area contributed by atoms with Crippen molar-refractivity contribution in [2.75, 3.05) is 0 Å². The number of aryl methyl sites for hydroxylation is 1. The Hall–Kier alpha value is -1.71. The Kier molecular flexibility index (Phi) is 2.50. The highest BCUT2D eigenvalue weighted by Gasteiger charge is 2.37. The smallest absolute Gasteiger partial charge is 0.272 e. The monoisotopic (exact) mass is 219 g/mol. The Morgan fingerprint density at radius 2 is 2.12 bits per heavy atom. The van der Waals surface area contributed by atoms with E-state index in [1.807, 2.05) is 13.0 Å². The van der Waals surface area contributed by atoms with Crippen LogP contribution in [0.25, 0.3) is 0 Å². The van der Waals surface area contributed by atoms with E-state index in [-0.39, 0.29) is 28.2 Å². The van der Waals surface area contributed by atoms with Crippen LogP contribution in [0, 0.1) is 23.0 Å². The third kappa shape index (κ3) is 1.60. The summed E-state index contributed by atoms with van der Waals surface area (Å²) in [6.45, 7) is 3.60. The molecule has 0 aliphatic heterocycles. The lowest BCUT2D eigenvalue weighted by Gasteiger charge is -2.32. The van der Waals surface area contributed by atoms with Gasteiger partial charge in [0.25, 0.3) is 5.69 Å². The molecule has 0 bridgehead atoms. The molecule has 1 aromatic carbocycles. The van der Waals surface area contributed by atoms with Gasteiger partial charge >= 0.3 is 0 Å². The molecular weight excluding hydrogens is 206 g/mol. The van der Waals surface area contributed by atoms with Crippen molar-refractivity contribution in [3.8, 4) is 0 Å². The van der Waals surface area contributed by atoms with Crippen molar-refractivity contribution < 1.29 is 9.72 Å². The minimum atomic E-state index is -0.371. The van der Waals surface area contributed by atoms with Crippen molar-refractivity contribution >= 4 is 11.5 Å². The van der Waals surface area contributed by atoms with Crippen LogP contribution >= 0.6 is 0 Å². The number of nitro groups is 1. The number of benzene rings is 1. The second kappa shape index (κ2) is 3.70. The maximum atomic E-state index is 11.2. The molecule has 1 aromatic rings. The summed E-state index contributed by atoms with van der Waals surface area (Å²) in [5, 5.41) is 10.8. The Balaban J connectivity index is 2.33. The number of ketones is 1. The molecule has 0 N–H and O–H groups in total. The molecular formula is C12H13NO3. The van der Waals surface area contributed by atoms with Crippen molar-refractivity contribution in [3.63, 3.8) is 0 Å². The van der Waals surface area contributed by atoms with Crippen LogP contribution in [0.3, 0.4) is 0 Å². The predicted octanol–water partition coefficient (Wildman–Crippen LogP) is 2.60. The van der Waals surface area contributed by atoms with E-state index in [0.29, 0.717) is 12.0 Å². The Morgan fingerprint density at radius 3 is 2.62 bits per heavy atom. The van der Waals surface area contributed by atoms with Gasteiger partial charge in [-0.3, -0.25) is 14.9 Å². The summed E-state index contributed by atoms with van der Waals surface area (Å²) in [6.07, 6.45) is 0.515. The number of carbonyl (C=O) groups is 1. The summed E-state index contributed by atoms with van der Waals surface area (Å²) in [4.78, 5) is 21.6. The zero-order valence-corrected chi connectivity index (χ0v) is 9.27. The number of hydrogen-bond acceptors (Lipinski definition) is 3.